The molecule has 0 saturated carbocycles. The summed E-state index contributed by atoms with van der Waals surface area (Å²) < 4.78 is 0. The second-order valence-electron chi connectivity index (χ2n) is 8.41. The van der Waals surface area contributed by atoms with Crippen LogP contribution in [-0.2, 0) is 0 Å². The van der Waals surface area contributed by atoms with Crippen molar-refractivity contribution < 1.29 is 4.79 Å². The largest absolute Gasteiger partial charge is 0.340 e. The number of aryl methyl sites for hydroxylation is 3. The molecular weight excluding hydrogens is 390 g/mol. The summed E-state index contributed by atoms with van der Waals surface area (Å²) in [5, 5.41) is 9.58. The number of carbonyl (C=O) groups is 1. The molecule has 1 aromatic heterocycles. The molecule has 162 valence electrons. The molecule has 4 rings (SSSR count). The van der Waals surface area contributed by atoms with Gasteiger partial charge in [-0.05, 0) is 45.9 Å². The highest BCUT2D eigenvalue weighted by Crippen LogP contribution is 2.35. The maximum atomic E-state index is 13.5. The summed E-state index contributed by atoms with van der Waals surface area (Å²) in [7, 11) is 0. The topological polar surface area (TPSA) is 77.3 Å². The van der Waals surface area contributed by atoms with Gasteiger partial charge in [-0.2, -0.15) is 15.3 Å². The van der Waals surface area contributed by atoms with Crippen molar-refractivity contribution in [1.29, 1.82) is 0 Å². The lowest BCUT2D eigenvalue weighted by atomic mass is 10.0. The molecule has 2 saturated heterocycles. The SMILES string of the molecule is C=NN(/N=C\C)c1ccc(C)cc1C(=O)N1CC2CN(c3nc(C)cc(C)n3)CC2C1. The van der Waals surface area contributed by atoms with Crippen LogP contribution in [0.2, 0.25) is 0 Å². The van der Waals surface area contributed by atoms with Gasteiger partial charge >= 0.3 is 0 Å². The maximum absolute atomic E-state index is 13.5. The van der Waals surface area contributed by atoms with E-state index in [-0.39, 0.29) is 5.91 Å². The molecule has 8 nitrogen and oxygen atoms in total. The Labute approximate surface area is 183 Å². The van der Waals surface area contributed by atoms with Crippen molar-refractivity contribution in [2.75, 3.05) is 36.2 Å². The number of hydrogen-bond donors (Lipinski definition) is 0. The molecule has 0 bridgehead atoms. The Balaban J connectivity index is 1.51. The maximum Gasteiger partial charge on any atom is 0.256 e. The predicted octanol–water partition coefficient (Wildman–Crippen LogP) is 3.04. The first-order valence-electron chi connectivity index (χ1n) is 10.6. The van der Waals surface area contributed by atoms with E-state index in [1.165, 1.54) is 5.12 Å². The number of hydrogen-bond acceptors (Lipinski definition) is 7. The number of fused-ring (bicyclic) bond motifs is 1. The van der Waals surface area contributed by atoms with Crippen LogP contribution in [0.25, 0.3) is 0 Å². The van der Waals surface area contributed by atoms with Gasteiger partial charge in [0.25, 0.3) is 5.91 Å². The quantitative estimate of drug-likeness (QED) is 0.550. The number of hydrazone groups is 2. The smallest absolute Gasteiger partial charge is 0.256 e. The first-order chi connectivity index (χ1) is 14.9. The van der Waals surface area contributed by atoms with E-state index in [1.54, 1.807) is 13.1 Å². The standard InChI is InChI=1S/C23H29N7O/c1-6-25-30(24-5)21-8-7-15(2)9-20(21)22(31)28-11-18-13-29(14-19(18)12-28)23-26-16(3)10-17(4)27-23/h6-10,18-19H,5,11-14H2,1-4H3/b25-6-. The third-order valence-electron chi connectivity index (χ3n) is 5.98. The zero-order valence-electron chi connectivity index (χ0n) is 18.6. The third-order valence-corrected chi connectivity index (χ3v) is 5.98. The van der Waals surface area contributed by atoms with Gasteiger partial charge in [-0.15, -0.1) is 0 Å². The number of aromatic nitrogens is 2. The number of carbonyl (C=O) groups excluding carboxylic acids is 1. The molecule has 3 heterocycles. The van der Waals surface area contributed by atoms with E-state index >= 15 is 0 Å². The minimum Gasteiger partial charge on any atom is -0.340 e. The van der Waals surface area contributed by atoms with E-state index in [4.69, 9.17) is 0 Å². The van der Waals surface area contributed by atoms with Crippen LogP contribution in [0.15, 0.2) is 34.5 Å². The van der Waals surface area contributed by atoms with E-state index < -0.39 is 0 Å². The summed E-state index contributed by atoms with van der Waals surface area (Å²) in [4.78, 5) is 26.9. The van der Waals surface area contributed by atoms with Crippen molar-refractivity contribution >= 4 is 30.5 Å². The molecule has 8 heteroatoms. The van der Waals surface area contributed by atoms with E-state index in [9.17, 15) is 4.79 Å². The molecule has 2 aromatic rings. The summed E-state index contributed by atoms with van der Waals surface area (Å²) in [5.74, 6) is 1.66. The van der Waals surface area contributed by atoms with E-state index in [0.717, 1.165) is 49.1 Å². The van der Waals surface area contributed by atoms with Crippen molar-refractivity contribution in [3.63, 3.8) is 0 Å². The highest BCUT2D eigenvalue weighted by Gasteiger charge is 2.43. The number of amides is 1. The highest BCUT2D eigenvalue weighted by atomic mass is 16.2. The fraction of sp³-hybridized carbons (Fsp3) is 0.435. The van der Waals surface area contributed by atoms with Crippen LogP contribution in [0.5, 0.6) is 0 Å². The molecule has 2 atom stereocenters. The first-order valence-corrected chi connectivity index (χ1v) is 10.6. The number of rotatable bonds is 5. The molecule has 0 radical (unpaired) electrons. The lowest BCUT2D eigenvalue weighted by molar-refractivity contribution is 0.0783. The molecule has 0 spiro atoms. The van der Waals surface area contributed by atoms with Gasteiger partial charge in [0.05, 0.1) is 11.3 Å². The minimum atomic E-state index is 0.0160. The van der Waals surface area contributed by atoms with Gasteiger partial charge in [0.2, 0.25) is 5.95 Å². The van der Waals surface area contributed by atoms with Crippen LogP contribution in [0.4, 0.5) is 11.6 Å². The number of benzene rings is 1. The Kier molecular flexibility index (Phi) is 5.71. The van der Waals surface area contributed by atoms with Crippen molar-refractivity contribution in [2.24, 2.45) is 22.0 Å². The second-order valence-corrected chi connectivity index (χ2v) is 8.41. The lowest BCUT2D eigenvalue weighted by Gasteiger charge is -2.24. The van der Waals surface area contributed by atoms with Gasteiger partial charge in [-0.25, -0.2) is 9.97 Å². The van der Waals surface area contributed by atoms with Crippen LogP contribution in [0, 0.1) is 32.6 Å². The third kappa shape index (κ3) is 4.15. The molecule has 2 fully saturated rings. The Hall–Kier alpha value is -3.29. The fourth-order valence-electron chi connectivity index (χ4n) is 4.62. The Morgan fingerprint density at radius 3 is 2.32 bits per heavy atom. The molecule has 0 aliphatic carbocycles. The highest BCUT2D eigenvalue weighted by molar-refractivity contribution is 6.00. The summed E-state index contributed by atoms with van der Waals surface area (Å²) in [6.45, 7) is 14.6. The average Bonchev–Trinajstić information content (AvgIpc) is 3.30. The lowest BCUT2D eigenvalue weighted by Crippen LogP contribution is -2.34. The van der Waals surface area contributed by atoms with Crippen LogP contribution in [0.3, 0.4) is 0 Å². The van der Waals surface area contributed by atoms with E-state index in [2.05, 4.69) is 31.8 Å². The molecule has 2 aliphatic heterocycles. The fourth-order valence-corrected chi connectivity index (χ4v) is 4.62. The molecule has 2 aliphatic rings. The van der Waals surface area contributed by atoms with Gasteiger partial charge in [0.15, 0.2) is 0 Å². The molecule has 0 N–H and O–H groups in total. The number of likely N-dealkylation sites (tertiary alicyclic amines) is 1. The summed E-state index contributed by atoms with van der Waals surface area (Å²) >= 11 is 0. The van der Waals surface area contributed by atoms with Crippen LogP contribution in [0.1, 0.15) is 34.2 Å². The second kappa shape index (κ2) is 8.45. The van der Waals surface area contributed by atoms with Crippen LogP contribution in [-0.4, -0.2) is 59.9 Å². The number of nitrogens with zero attached hydrogens (tertiary/aromatic N) is 7. The van der Waals surface area contributed by atoms with Gasteiger partial charge in [-0.3, -0.25) is 4.79 Å². The van der Waals surface area contributed by atoms with E-state index in [0.29, 0.717) is 23.1 Å². The van der Waals surface area contributed by atoms with Crippen molar-refractivity contribution in [3.8, 4) is 0 Å². The first kappa shape index (κ1) is 21.0. The van der Waals surface area contributed by atoms with Gasteiger partial charge in [-0.1, -0.05) is 11.6 Å². The Bertz CT molecular complexity index is 1000. The van der Waals surface area contributed by atoms with Crippen molar-refractivity contribution in [3.05, 3.63) is 46.8 Å². The summed E-state index contributed by atoms with van der Waals surface area (Å²) in [6, 6.07) is 7.73. The average molecular weight is 420 g/mol. The van der Waals surface area contributed by atoms with Crippen LogP contribution < -0.4 is 10.0 Å². The molecule has 31 heavy (non-hydrogen) atoms. The normalized spacial score (nSPS) is 20.4. The Morgan fingerprint density at radius 2 is 1.74 bits per heavy atom. The molecule has 2 unspecified atom stereocenters. The number of anilines is 2. The van der Waals surface area contributed by atoms with Gasteiger partial charge in [0, 0.05) is 62.3 Å². The van der Waals surface area contributed by atoms with Gasteiger partial charge in [0.1, 0.15) is 0 Å². The minimum absolute atomic E-state index is 0.0160. The van der Waals surface area contributed by atoms with Gasteiger partial charge < -0.3 is 9.80 Å². The Morgan fingerprint density at radius 1 is 1.10 bits per heavy atom. The molecule has 1 amide bonds. The van der Waals surface area contributed by atoms with Crippen molar-refractivity contribution in [1.82, 2.24) is 14.9 Å². The predicted molar refractivity (Wildman–Crippen MR) is 124 cm³/mol. The summed E-state index contributed by atoms with van der Waals surface area (Å²) in [5.41, 5.74) is 4.24. The zero-order valence-corrected chi connectivity index (χ0v) is 18.6. The summed E-state index contributed by atoms with van der Waals surface area (Å²) in [6.07, 6.45) is 1.63. The molecule has 1 aromatic carbocycles. The van der Waals surface area contributed by atoms with E-state index in [1.807, 2.05) is 49.9 Å². The zero-order chi connectivity index (χ0) is 22.1. The molecular formula is C23H29N7O. The van der Waals surface area contributed by atoms with Crippen LogP contribution >= 0.6 is 0 Å². The van der Waals surface area contributed by atoms with Crippen molar-refractivity contribution in [2.45, 2.75) is 27.7 Å². The monoisotopic (exact) mass is 419 g/mol.